The van der Waals surface area contributed by atoms with Crippen LogP contribution in [0.2, 0.25) is 0 Å². The lowest BCUT2D eigenvalue weighted by Gasteiger charge is -2.24. The SMILES string of the molecule is CCC(O)CNCCN(C)C1CCCC1. The summed E-state index contributed by atoms with van der Waals surface area (Å²) in [5, 5.41) is 12.7. The van der Waals surface area contributed by atoms with Crippen LogP contribution < -0.4 is 5.32 Å². The lowest BCUT2D eigenvalue weighted by Crippen LogP contribution is -2.37. The van der Waals surface area contributed by atoms with E-state index in [9.17, 15) is 5.11 Å². The Kier molecular flexibility index (Phi) is 6.22. The van der Waals surface area contributed by atoms with Gasteiger partial charge in [-0.15, -0.1) is 0 Å². The van der Waals surface area contributed by atoms with Gasteiger partial charge in [-0.2, -0.15) is 0 Å². The molecule has 1 saturated carbocycles. The molecule has 0 amide bonds. The monoisotopic (exact) mass is 214 g/mol. The van der Waals surface area contributed by atoms with E-state index in [1.165, 1.54) is 25.7 Å². The summed E-state index contributed by atoms with van der Waals surface area (Å²) in [6.07, 6.45) is 6.20. The van der Waals surface area contributed by atoms with Gasteiger partial charge >= 0.3 is 0 Å². The van der Waals surface area contributed by atoms with E-state index in [-0.39, 0.29) is 6.10 Å². The number of nitrogens with one attached hydrogen (secondary N) is 1. The second kappa shape index (κ2) is 7.20. The van der Waals surface area contributed by atoms with Gasteiger partial charge in [-0.25, -0.2) is 0 Å². The van der Waals surface area contributed by atoms with E-state index in [1.54, 1.807) is 0 Å². The molecule has 0 heterocycles. The van der Waals surface area contributed by atoms with Crippen molar-refractivity contribution in [2.24, 2.45) is 0 Å². The highest BCUT2D eigenvalue weighted by Gasteiger charge is 2.18. The molecule has 0 radical (unpaired) electrons. The van der Waals surface area contributed by atoms with E-state index >= 15 is 0 Å². The molecule has 90 valence electrons. The maximum atomic E-state index is 9.36. The van der Waals surface area contributed by atoms with Gasteiger partial charge in [0.2, 0.25) is 0 Å². The number of likely N-dealkylation sites (N-methyl/N-ethyl adjacent to an activating group) is 1. The number of nitrogens with zero attached hydrogens (tertiary/aromatic N) is 1. The van der Waals surface area contributed by atoms with Crippen molar-refractivity contribution in [2.75, 3.05) is 26.7 Å². The molecular formula is C12H26N2O. The van der Waals surface area contributed by atoms with Crippen LogP contribution in [0.4, 0.5) is 0 Å². The molecule has 1 atom stereocenters. The Morgan fingerprint density at radius 3 is 2.67 bits per heavy atom. The third-order valence-electron chi connectivity index (χ3n) is 3.44. The van der Waals surface area contributed by atoms with Crippen LogP contribution in [0.25, 0.3) is 0 Å². The topological polar surface area (TPSA) is 35.5 Å². The van der Waals surface area contributed by atoms with E-state index in [2.05, 4.69) is 17.3 Å². The summed E-state index contributed by atoms with van der Waals surface area (Å²) in [6, 6.07) is 0.808. The highest BCUT2D eigenvalue weighted by Crippen LogP contribution is 2.21. The van der Waals surface area contributed by atoms with Gasteiger partial charge in [0.15, 0.2) is 0 Å². The summed E-state index contributed by atoms with van der Waals surface area (Å²) in [7, 11) is 2.22. The van der Waals surface area contributed by atoms with Crippen LogP contribution in [0.5, 0.6) is 0 Å². The summed E-state index contributed by atoms with van der Waals surface area (Å²) in [5.41, 5.74) is 0. The molecule has 0 saturated heterocycles. The van der Waals surface area contributed by atoms with Gasteiger partial charge in [-0.1, -0.05) is 19.8 Å². The highest BCUT2D eigenvalue weighted by molar-refractivity contribution is 4.75. The van der Waals surface area contributed by atoms with Crippen molar-refractivity contribution in [3.63, 3.8) is 0 Å². The fourth-order valence-corrected chi connectivity index (χ4v) is 2.20. The Hall–Kier alpha value is -0.120. The Morgan fingerprint density at radius 1 is 1.40 bits per heavy atom. The molecule has 0 aromatic heterocycles. The zero-order valence-electron chi connectivity index (χ0n) is 10.2. The molecule has 1 unspecified atom stereocenters. The van der Waals surface area contributed by atoms with Gasteiger partial charge < -0.3 is 15.3 Å². The highest BCUT2D eigenvalue weighted by atomic mass is 16.3. The first-order valence-corrected chi connectivity index (χ1v) is 6.33. The molecule has 0 bridgehead atoms. The largest absolute Gasteiger partial charge is 0.392 e. The molecule has 0 aromatic rings. The van der Waals surface area contributed by atoms with E-state index in [0.717, 1.165) is 32.1 Å². The first-order valence-electron chi connectivity index (χ1n) is 6.33. The minimum Gasteiger partial charge on any atom is -0.392 e. The fourth-order valence-electron chi connectivity index (χ4n) is 2.20. The van der Waals surface area contributed by atoms with Crippen molar-refractivity contribution < 1.29 is 5.11 Å². The minimum atomic E-state index is -0.179. The Balaban J connectivity index is 1.99. The van der Waals surface area contributed by atoms with Crippen LogP contribution in [0, 0.1) is 0 Å². The molecule has 2 N–H and O–H groups in total. The molecule has 1 fully saturated rings. The molecule has 0 aliphatic heterocycles. The van der Waals surface area contributed by atoms with Gasteiger partial charge in [-0.05, 0) is 26.3 Å². The standard InChI is InChI=1S/C12H26N2O/c1-3-12(15)10-13-8-9-14(2)11-6-4-5-7-11/h11-13,15H,3-10H2,1-2H3. The average Bonchev–Trinajstić information content (AvgIpc) is 2.77. The lowest BCUT2D eigenvalue weighted by molar-refractivity contribution is 0.164. The first kappa shape index (κ1) is 12.9. The van der Waals surface area contributed by atoms with E-state index in [1.807, 2.05) is 6.92 Å². The van der Waals surface area contributed by atoms with Gasteiger partial charge in [0.1, 0.15) is 0 Å². The van der Waals surface area contributed by atoms with Crippen molar-refractivity contribution in [2.45, 2.75) is 51.2 Å². The van der Waals surface area contributed by atoms with E-state index in [0.29, 0.717) is 0 Å². The van der Waals surface area contributed by atoms with Crippen LogP contribution in [0.1, 0.15) is 39.0 Å². The van der Waals surface area contributed by atoms with Crippen LogP contribution in [0.15, 0.2) is 0 Å². The van der Waals surface area contributed by atoms with Crippen LogP contribution in [-0.4, -0.2) is 48.8 Å². The summed E-state index contributed by atoms with van der Waals surface area (Å²) in [5.74, 6) is 0. The summed E-state index contributed by atoms with van der Waals surface area (Å²) in [4.78, 5) is 2.46. The number of hydrogen-bond donors (Lipinski definition) is 2. The Bertz CT molecular complexity index is 158. The number of aliphatic hydroxyl groups excluding tert-OH is 1. The summed E-state index contributed by atoms with van der Waals surface area (Å²) < 4.78 is 0. The molecule has 0 spiro atoms. The predicted molar refractivity (Wildman–Crippen MR) is 64.1 cm³/mol. The van der Waals surface area contributed by atoms with Crippen LogP contribution in [-0.2, 0) is 0 Å². The van der Waals surface area contributed by atoms with Gasteiger partial charge in [0.05, 0.1) is 6.10 Å². The zero-order valence-corrected chi connectivity index (χ0v) is 10.2. The number of aliphatic hydroxyl groups is 1. The van der Waals surface area contributed by atoms with Crippen molar-refractivity contribution in [3.05, 3.63) is 0 Å². The van der Waals surface area contributed by atoms with Crippen molar-refractivity contribution in [1.82, 2.24) is 10.2 Å². The molecular weight excluding hydrogens is 188 g/mol. The molecule has 3 heteroatoms. The van der Waals surface area contributed by atoms with Gasteiger partial charge in [0, 0.05) is 25.7 Å². The quantitative estimate of drug-likeness (QED) is 0.626. The van der Waals surface area contributed by atoms with Gasteiger partial charge in [-0.3, -0.25) is 0 Å². The third-order valence-corrected chi connectivity index (χ3v) is 3.44. The van der Waals surface area contributed by atoms with Crippen LogP contribution >= 0.6 is 0 Å². The fraction of sp³-hybridized carbons (Fsp3) is 1.00. The lowest BCUT2D eigenvalue weighted by atomic mass is 10.2. The van der Waals surface area contributed by atoms with E-state index < -0.39 is 0 Å². The van der Waals surface area contributed by atoms with Crippen LogP contribution in [0.3, 0.4) is 0 Å². The maximum Gasteiger partial charge on any atom is 0.0662 e. The predicted octanol–water partition coefficient (Wildman–Crippen LogP) is 1.22. The average molecular weight is 214 g/mol. The molecule has 0 aromatic carbocycles. The normalized spacial score (nSPS) is 20.0. The molecule has 3 nitrogen and oxygen atoms in total. The van der Waals surface area contributed by atoms with Crippen molar-refractivity contribution >= 4 is 0 Å². The second-order valence-corrected chi connectivity index (χ2v) is 4.69. The van der Waals surface area contributed by atoms with E-state index in [4.69, 9.17) is 0 Å². The number of rotatable bonds is 7. The molecule has 1 aliphatic rings. The van der Waals surface area contributed by atoms with Crippen molar-refractivity contribution in [1.29, 1.82) is 0 Å². The zero-order chi connectivity index (χ0) is 11.1. The summed E-state index contributed by atoms with van der Waals surface area (Å²) >= 11 is 0. The van der Waals surface area contributed by atoms with Gasteiger partial charge in [0.25, 0.3) is 0 Å². The molecule has 1 aliphatic carbocycles. The first-order chi connectivity index (χ1) is 7.24. The summed E-state index contributed by atoms with van der Waals surface area (Å²) in [6.45, 7) is 4.83. The molecule has 15 heavy (non-hydrogen) atoms. The smallest absolute Gasteiger partial charge is 0.0662 e. The number of hydrogen-bond acceptors (Lipinski definition) is 3. The second-order valence-electron chi connectivity index (χ2n) is 4.69. The Morgan fingerprint density at radius 2 is 2.07 bits per heavy atom. The third kappa shape index (κ3) is 4.96. The maximum absolute atomic E-state index is 9.36. The van der Waals surface area contributed by atoms with Crippen molar-refractivity contribution in [3.8, 4) is 0 Å². The Labute approximate surface area is 93.9 Å². The molecule has 1 rings (SSSR count). The minimum absolute atomic E-state index is 0.179.